The number of carbonyl (C=O) groups excluding carboxylic acids is 1. The zero-order valence-corrected chi connectivity index (χ0v) is 11.7. The summed E-state index contributed by atoms with van der Waals surface area (Å²) in [6, 6.07) is 6.18. The van der Waals surface area contributed by atoms with Gasteiger partial charge in [-0.3, -0.25) is 0 Å². The van der Waals surface area contributed by atoms with Crippen molar-refractivity contribution in [1.29, 1.82) is 0 Å². The van der Waals surface area contributed by atoms with Gasteiger partial charge >= 0.3 is 12.0 Å². The number of anilines is 1. The average molecular weight is 294 g/mol. The lowest BCUT2D eigenvalue weighted by molar-refractivity contribution is -0.139. The van der Waals surface area contributed by atoms with Crippen LogP contribution in [0.1, 0.15) is 13.3 Å². The SMILES string of the molecule is CC1(NC(=O)Nc2ccc(OCC(=O)O)cc2)CCOC1. The standard InChI is InChI=1S/C14H18N2O5/c1-14(6-7-20-9-14)16-13(19)15-10-2-4-11(5-3-10)21-8-12(17)18/h2-5H,6-9H2,1H3,(H,17,18)(H2,15,16,19). The molecule has 1 saturated heterocycles. The van der Waals surface area contributed by atoms with Gasteiger partial charge in [0.1, 0.15) is 5.75 Å². The molecule has 0 saturated carbocycles. The first-order valence-electron chi connectivity index (χ1n) is 6.58. The summed E-state index contributed by atoms with van der Waals surface area (Å²) in [4.78, 5) is 22.3. The molecule has 1 heterocycles. The number of urea groups is 1. The largest absolute Gasteiger partial charge is 0.482 e. The normalized spacial score (nSPS) is 20.8. The predicted octanol–water partition coefficient (Wildman–Crippen LogP) is 1.45. The molecule has 1 aliphatic rings. The number of rotatable bonds is 5. The molecule has 1 fully saturated rings. The molecule has 0 bridgehead atoms. The van der Waals surface area contributed by atoms with E-state index in [2.05, 4.69) is 10.6 Å². The molecule has 7 heteroatoms. The minimum absolute atomic E-state index is 0.304. The van der Waals surface area contributed by atoms with Crippen LogP contribution in [-0.4, -0.2) is 42.5 Å². The maximum absolute atomic E-state index is 11.9. The van der Waals surface area contributed by atoms with Crippen LogP contribution in [0, 0.1) is 0 Å². The molecule has 7 nitrogen and oxygen atoms in total. The van der Waals surface area contributed by atoms with Crippen LogP contribution in [-0.2, 0) is 9.53 Å². The summed E-state index contributed by atoms with van der Waals surface area (Å²) in [6.45, 7) is 2.68. The van der Waals surface area contributed by atoms with Crippen LogP contribution in [0.2, 0.25) is 0 Å². The van der Waals surface area contributed by atoms with E-state index in [0.717, 1.165) is 6.42 Å². The minimum Gasteiger partial charge on any atom is -0.482 e. The number of carboxylic acids is 1. The van der Waals surface area contributed by atoms with Crippen LogP contribution in [0.5, 0.6) is 5.75 Å². The van der Waals surface area contributed by atoms with Crippen molar-refractivity contribution in [2.75, 3.05) is 25.1 Å². The Hall–Kier alpha value is -2.28. The van der Waals surface area contributed by atoms with Gasteiger partial charge in [0.15, 0.2) is 6.61 Å². The van der Waals surface area contributed by atoms with Crippen molar-refractivity contribution in [3.63, 3.8) is 0 Å². The van der Waals surface area contributed by atoms with Gasteiger partial charge in [-0.1, -0.05) is 0 Å². The number of nitrogens with one attached hydrogen (secondary N) is 2. The fourth-order valence-electron chi connectivity index (χ4n) is 1.98. The molecule has 2 amide bonds. The van der Waals surface area contributed by atoms with Crippen molar-refractivity contribution < 1.29 is 24.2 Å². The highest BCUT2D eigenvalue weighted by atomic mass is 16.5. The lowest BCUT2D eigenvalue weighted by Gasteiger charge is -2.23. The van der Waals surface area contributed by atoms with E-state index in [9.17, 15) is 9.59 Å². The van der Waals surface area contributed by atoms with Crippen molar-refractivity contribution in [3.8, 4) is 5.75 Å². The lowest BCUT2D eigenvalue weighted by atomic mass is 10.0. The molecule has 114 valence electrons. The quantitative estimate of drug-likeness (QED) is 0.763. The molecule has 1 atom stereocenters. The van der Waals surface area contributed by atoms with Crippen molar-refractivity contribution in [3.05, 3.63) is 24.3 Å². The lowest BCUT2D eigenvalue weighted by Crippen LogP contribution is -2.48. The highest BCUT2D eigenvalue weighted by Gasteiger charge is 2.31. The first-order valence-corrected chi connectivity index (χ1v) is 6.58. The van der Waals surface area contributed by atoms with Gasteiger partial charge in [0.05, 0.1) is 12.1 Å². The van der Waals surface area contributed by atoms with Crippen molar-refractivity contribution in [1.82, 2.24) is 5.32 Å². The Morgan fingerprint density at radius 3 is 2.67 bits per heavy atom. The zero-order chi connectivity index (χ0) is 15.3. The van der Waals surface area contributed by atoms with Crippen molar-refractivity contribution in [2.24, 2.45) is 0 Å². The molecule has 1 aromatic carbocycles. The average Bonchev–Trinajstić information content (AvgIpc) is 2.84. The second kappa shape index (κ2) is 6.45. The number of aliphatic carboxylic acids is 1. The summed E-state index contributed by atoms with van der Waals surface area (Å²) in [6.07, 6.45) is 0.780. The second-order valence-electron chi connectivity index (χ2n) is 5.15. The molecule has 2 rings (SSSR count). The van der Waals surface area contributed by atoms with E-state index in [1.54, 1.807) is 24.3 Å². The van der Waals surface area contributed by atoms with Crippen LogP contribution in [0.15, 0.2) is 24.3 Å². The van der Waals surface area contributed by atoms with Gasteiger partial charge in [0.2, 0.25) is 0 Å². The number of amides is 2. The Morgan fingerprint density at radius 2 is 2.10 bits per heavy atom. The molecule has 0 spiro atoms. The van der Waals surface area contributed by atoms with Crippen LogP contribution in [0.3, 0.4) is 0 Å². The molecule has 1 aliphatic heterocycles. The van der Waals surface area contributed by atoms with Gasteiger partial charge in [-0.15, -0.1) is 0 Å². The molecule has 0 aliphatic carbocycles. The summed E-state index contributed by atoms with van der Waals surface area (Å²) in [5.41, 5.74) is 0.256. The summed E-state index contributed by atoms with van der Waals surface area (Å²) in [5.74, 6) is -0.608. The number of ether oxygens (including phenoxy) is 2. The Bertz CT molecular complexity index is 509. The van der Waals surface area contributed by atoms with Gasteiger partial charge in [-0.25, -0.2) is 9.59 Å². The molecular weight excluding hydrogens is 276 g/mol. The first-order chi connectivity index (χ1) is 9.97. The van der Waals surface area contributed by atoms with E-state index in [-0.39, 0.29) is 11.6 Å². The molecule has 1 unspecified atom stereocenters. The number of carboxylic acid groups (broad SMARTS) is 1. The highest BCUT2D eigenvalue weighted by Crippen LogP contribution is 2.19. The van der Waals surface area contributed by atoms with E-state index < -0.39 is 12.6 Å². The second-order valence-corrected chi connectivity index (χ2v) is 5.15. The third-order valence-electron chi connectivity index (χ3n) is 3.11. The Labute approximate surface area is 122 Å². The van der Waals surface area contributed by atoms with Crippen molar-refractivity contribution >= 4 is 17.7 Å². The smallest absolute Gasteiger partial charge is 0.341 e. The van der Waals surface area contributed by atoms with Gasteiger partial charge in [0.25, 0.3) is 0 Å². The van der Waals surface area contributed by atoms with E-state index in [0.29, 0.717) is 24.7 Å². The summed E-state index contributed by atoms with van der Waals surface area (Å²) >= 11 is 0. The number of carbonyl (C=O) groups is 2. The van der Waals surface area contributed by atoms with E-state index in [1.165, 1.54) is 0 Å². The molecule has 3 N–H and O–H groups in total. The number of benzene rings is 1. The maximum Gasteiger partial charge on any atom is 0.341 e. The zero-order valence-electron chi connectivity index (χ0n) is 11.7. The summed E-state index contributed by atoms with van der Waals surface area (Å²) in [7, 11) is 0. The Balaban J connectivity index is 1.85. The number of hydrogen-bond donors (Lipinski definition) is 3. The fraction of sp³-hybridized carbons (Fsp3) is 0.429. The van der Waals surface area contributed by atoms with Gasteiger partial charge in [-0.2, -0.15) is 0 Å². The van der Waals surface area contributed by atoms with E-state index in [1.807, 2.05) is 6.92 Å². The monoisotopic (exact) mass is 294 g/mol. The number of hydrogen-bond acceptors (Lipinski definition) is 4. The summed E-state index contributed by atoms with van der Waals surface area (Å²) in [5, 5.41) is 14.1. The van der Waals surface area contributed by atoms with E-state index in [4.69, 9.17) is 14.6 Å². The van der Waals surface area contributed by atoms with Crippen LogP contribution >= 0.6 is 0 Å². The Kier molecular flexibility index (Phi) is 4.64. The van der Waals surface area contributed by atoms with Crippen molar-refractivity contribution in [2.45, 2.75) is 18.9 Å². The van der Waals surface area contributed by atoms with Crippen LogP contribution in [0.25, 0.3) is 0 Å². The fourth-order valence-corrected chi connectivity index (χ4v) is 1.98. The third-order valence-corrected chi connectivity index (χ3v) is 3.11. The molecule has 0 radical (unpaired) electrons. The molecule has 0 aromatic heterocycles. The van der Waals surface area contributed by atoms with Crippen LogP contribution < -0.4 is 15.4 Å². The van der Waals surface area contributed by atoms with E-state index >= 15 is 0 Å². The Morgan fingerprint density at radius 1 is 1.38 bits per heavy atom. The highest BCUT2D eigenvalue weighted by molar-refractivity contribution is 5.89. The predicted molar refractivity (Wildman–Crippen MR) is 75.6 cm³/mol. The molecular formula is C14H18N2O5. The molecule has 21 heavy (non-hydrogen) atoms. The first kappa shape index (κ1) is 15.1. The minimum atomic E-state index is -1.04. The molecule has 1 aromatic rings. The van der Waals surface area contributed by atoms with Gasteiger partial charge in [-0.05, 0) is 37.6 Å². The van der Waals surface area contributed by atoms with Gasteiger partial charge < -0.3 is 25.2 Å². The summed E-state index contributed by atoms with van der Waals surface area (Å²) < 4.78 is 10.3. The third kappa shape index (κ3) is 4.64. The maximum atomic E-state index is 11.9. The van der Waals surface area contributed by atoms with Crippen LogP contribution in [0.4, 0.5) is 10.5 Å². The topological polar surface area (TPSA) is 96.9 Å². The van der Waals surface area contributed by atoms with Gasteiger partial charge in [0, 0.05) is 12.3 Å².